The summed E-state index contributed by atoms with van der Waals surface area (Å²) in [5, 5.41) is 0.722. The van der Waals surface area contributed by atoms with Crippen molar-refractivity contribution in [1.29, 1.82) is 0 Å². The van der Waals surface area contributed by atoms with Crippen LogP contribution < -0.4 is 0 Å². The maximum Gasteiger partial charge on any atom is 0.152 e. The molecule has 1 atom stereocenters. The predicted octanol–water partition coefficient (Wildman–Crippen LogP) is 2.62. The summed E-state index contributed by atoms with van der Waals surface area (Å²) in [7, 11) is -2.83. The third kappa shape index (κ3) is 5.68. The van der Waals surface area contributed by atoms with E-state index < -0.39 is 9.84 Å². The molecule has 4 heteroatoms. The lowest BCUT2D eigenvalue weighted by Gasteiger charge is -2.11. The van der Waals surface area contributed by atoms with Crippen LogP contribution in [0.5, 0.6) is 0 Å². The van der Waals surface area contributed by atoms with Gasteiger partial charge in [0.1, 0.15) is 0 Å². The van der Waals surface area contributed by atoms with Gasteiger partial charge in [0.2, 0.25) is 0 Å². The summed E-state index contributed by atoms with van der Waals surface area (Å²) in [4.78, 5) is 0. The van der Waals surface area contributed by atoms with E-state index in [-0.39, 0.29) is 5.25 Å². The van der Waals surface area contributed by atoms with E-state index >= 15 is 0 Å². The molecule has 0 radical (unpaired) electrons. The molecule has 0 saturated carbocycles. The molecule has 13 heavy (non-hydrogen) atoms. The molecule has 0 aromatic heterocycles. The predicted molar refractivity (Wildman–Crippen MR) is 61.1 cm³/mol. The van der Waals surface area contributed by atoms with Crippen LogP contribution in [0.3, 0.4) is 0 Å². The summed E-state index contributed by atoms with van der Waals surface area (Å²) in [5.74, 6) is 0.826. The highest BCUT2D eigenvalue weighted by molar-refractivity contribution is 9.09. The van der Waals surface area contributed by atoms with E-state index in [1.165, 1.54) is 0 Å². The van der Waals surface area contributed by atoms with Crippen LogP contribution in [0.1, 0.15) is 33.6 Å². The summed E-state index contributed by atoms with van der Waals surface area (Å²) in [6.07, 6.45) is 1.83. The number of halogens is 1. The van der Waals surface area contributed by atoms with Gasteiger partial charge >= 0.3 is 0 Å². The van der Waals surface area contributed by atoms with Gasteiger partial charge in [-0.3, -0.25) is 0 Å². The van der Waals surface area contributed by atoms with Gasteiger partial charge in [0.15, 0.2) is 9.84 Å². The molecule has 0 aliphatic carbocycles. The van der Waals surface area contributed by atoms with Gasteiger partial charge in [-0.15, -0.1) is 0 Å². The molecule has 0 aliphatic rings. The Labute approximate surface area is 90.2 Å². The molecule has 0 saturated heterocycles. The number of rotatable bonds is 6. The van der Waals surface area contributed by atoms with Crippen molar-refractivity contribution in [2.75, 3.05) is 11.1 Å². The van der Waals surface area contributed by atoms with Crippen molar-refractivity contribution in [3.63, 3.8) is 0 Å². The minimum Gasteiger partial charge on any atom is -0.229 e. The summed E-state index contributed by atoms with van der Waals surface area (Å²) in [6, 6.07) is 0. The maximum absolute atomic E-state index is 11.4. The molecule has 80 valence electrons. The van der Waals surface area contributed by atoms with Crippen LogP contribution in [0.15, 0.2) is 0 Å². The Morgan fingerprint density at radius 2 is 1.69 bits per heavy atom. The lowest BCUT2D eigenvalue weighted by molar-refractivity contribution is 0.533. The molecule has 0 spiro atoms. The zero-order valence-corrected chi connectivity index (χ0v) is 11.0. The zero-order chi connectivity index (χ0) is 10.5. The molecule has 1 unspecified atom stereocenters. The topological polar surface area (TPSA) is 34.1 Å². The number of hydrogen-bond acceptors (Lipinski definition) is 2. The van der Waals surface area contributed by atoms with Gasteiger partial charge in [0.25, 0.3) is 0 Å². The first-order valence-corrected chi connectivity index (χ1v) is 7.51. The highest BCUT2D eigenvalue weighted by Gasteiger charge is 2.16. The molecule has 0 aliphatic heterocycles. The standard InChI is InChI=1S/C9H19BrO2S/c1-8(2)13(11,12)7-5-9(3)4-6-10/h8-9H,4-7H2,1-3H3. The number of sulfone groups is 1. The quantitative estimate of drug-likeness (QED) is 0.696. The van der Waals surface area contributed by atoms with Crippen molar-refractivity contribution >= 4 is 25.8 Å². The molecule has 0 aromatic carbocycles. The van der Waals surface area contributed by atoms with Gasteiger partial charge in [0, 0.05) is 5.33 Å². The molecule has 0 bridgehead atoms. The zero-order valence-electron chi connectivity index (χ0n) is 8.59. The fraction of sp³-hybridized carbons (Fsp3) is 1.00. The smallest absolute Gasteiger partial charge is 0.152 e. The summed E-state index contributed by atoms with van der Waals surface area (Å²) in [6.45, 7) is 5.58. The molecule has 0 amide bonds. The Balaban J connectivity index is 3.89. The minimum atomic E-state index is -2.83. The first kappa shape index (κ1) is 13.4. The number of hydrogen-bond donors (Lipinski definition) is 0. The second kappa shape index (κ2) is 6.02. The fourth-order valence-electron chi connectivity index (χ4n) is 0.932. The Morgan fingerprint density at radius 1 is 1.15 bits per heavy atom. The van der Waals surface area contributed by atoms with E-state index in [9.17, 15) is 8.42 Å². The van der Waals surface area contributed by atoms with Crippen LogP contribution in [0.25, 0.3) is 0 Å². The molecule has 0 heterocycles. The highest BCUT2D eigenvalue weighted by Crippen LogP contribution is 2.12. The average Bonchev–Trinajstić information content (AvgIpc) is 2.01. The van der Waals surface area contributed by atoms with Crippen molar-refractivity contribution < 1.29 is 8.42 Å². The average molecular weight is 271 g/mol. The van der Waals surface area contributed by atoms with Crippen molar-refractivity contribution in [2.24, 2.45) is 5.92 Å². The van der Waals surface area contributed by atoms with Gasteiger partial charge in [-0.05, 0) is 32.6 Å². The van der Waals surface area contributed by atoms with Crippen LogP contribution in [0.4, 0.5) is 0 Å². The van der Waals surface area contributed by atoms with E-state index in [1.54, 1.807) is 13.8 Å². The Bertz CT molecular complexity index is 222. The molecular weight excluding hydrogens is 252 g/mol. The van der Waals surface area contributed by atoms with Gasteiger partial charge in [-0.1, -0.05) is 22.9 Å². The summed E-state index contributed by atoms with van der Waals surface area (Å²) < 4.78 is 22.9. The Kier molecular flexibility index (Phi) is 6.21. The van der Waals surface area contributed by atoms with Crippen LogP contribution in [-0.2, 0) is 9.84 Å². The Morgan fingerprint density at radius 3 is 2.08 bits per heavy atom. The molecular formula is C9H19BrO2S. The summed E-state index contributed by atoms with van der Waals surface area (Å²) >= 11 is 3.35. The second-order valence-corrected chi connectivity index (χ2v) is 7.26. The highest BCUT2D eigenvalue weighted by atomic mass is 79.9. The molecule has 2 nitrogen and oxygen atoms in total. The SMILES string of the molecule is CC(CCBr)CCS(=O)(=O)C(C)C. The Hall–Kier alpha value is 0.430. The number of alkyl halides is 1. The van der Waals surface area contributed by atoms with E-state index in [1.807, 2.05) is 0 Å². The molecule has 0 fully saturated rings. The van der Waals surface area contributed by atoms with E-state index in [2.05, 4.69) is 22.9 Å². The van der Waals surface area contributed by atoms with Gasteiger partial charge in [-0.25, -0.2) is 8.42 Å². The lowest BCUT2D eigenvalue weighted by atomic mass is 10.1. The normalized spacial score (nSPS) is 14.8. The minimum absolute atomic E-state index is 0.233. The second-order valence-electron chi connectivity index (χ2n) is 3.79. The van der Waals surface area contributed by atoms with Crippen molar-refractivity contribution in [3.05, 3.63) is 0 Å². The molecule has 0 rings (SSSR count). The molecule has 0 N–H and O–H groups in total. The van der Waals surface area contributed by atoms with Gasteiger partial charge in [-0.2, -0.15) is 0 Å². The molecule has 0 aromatic rings. The summed E-state index contributed by atoms with van der Waals surface area (Å²) in [5.41, 5.74) is 0. The van der Waals surface area contributed by atoms with Crippen LogP contribution in [-0.4, -0.2) is 24.8 Å². The lowest BCUT2D eigenvalue weighted by Crippen LogP contribution is -2.19. The van der Waals surface area contributed by atoms with E-state index in [4.69, 9.17) is 0 Å². The van der Waals surface area contributed by atoms with E-state index in [0.717, 1.165) is 18.2 Å². The fourth-order valence-corrected chi connectivity index (χ4v) is 2.92. The first-order valence-electron chi connectivity index (χ1n) is 4.67. The third-order valence-electron chi connectivity index (χ3n) is 2.22. The van der Waals surface area contributed by atoms with Crippen LogP contribution in [0, 0.1) is 5.92 Å². The van der Waals surface area contributed by atoms with Crippen molar-refractivity contribution in [1.82, 2.24) is 0 Å². The van der Waals surface area contributed by atoms with Crippen molar-refractivity contribution in [3.8, 4) is 0 Å². The van der Waals surface area contributed by atoms with Crippen molar-refractivity contribution in [2.45, 2.75) is 38.9 Å². The largest absolute Gasteiger partial charge is 0.229 e. The monoisotopic (exact) mass is 270 g/mol. The van der Waals surface area contributed by atoms with E-state index in [0.29, 0.717) is 11.7 Å². The van der Waals surface area contributed by atoms with Gasteiger partial charge < -0.3 is 0 Å². The van der Waals surface area contributed by atoms with Gasteiger partial charge in [0.05, 0.1) is 11.0 Å². The van der Waals surface area contributed by atoms with Crippen LogP contribution >= 0.6 is 15.9 Å². The first-order chi connectivity index (χ1) is 5.90. The third-order valence-corrected chi connectivity index (χ3v) is 4.91. The maximum atomic E-state index is 11.4. The van der Waals surface area contributed by atoms with Crippen LogP contribution in [0.2, 0.25) is 0 Å².